The normalized spacial score (nSPS) is 17.1. The number of carbonyl (C=O) groups is 2. The Hall–Kier alpha value is -2.70. The molecule has 0 saturated carbocycles. The molecule has 1 aromatic carbocycles. The van der Waals surface area contributed by atoms with Gasteiger partial charge in [-0.2, -0.15) is 0 Å². The number of benzene rings is 1. The van der Waals surface area contributed by atoms with Gasteiger partial charge in [0.25, 0.3) is 5.91 Å². The van der Waals surface area contributed by atoms with Gasteiger partial charge in [-0.3, -0.25) is 9.59 Å². The molecule has 1 unspecified atom stereocenters. The van der Waals surface area contributed by atoms with Crippen LogP contribution in [0.3, 0.4) is 0 Å². The first-order valence-corrected chi connectivity index (χ1v) is 8.60. The molecule has 0 spiro atoms. The Balaban J connectivity index is 1.65. The lowest BCUT2D eigenvalue weighted by molar-refractivity contribution is -0.125. The standard InChI is InChI=1S/C18H23N5O2/c1-13(2)23-12-20-21-16(23)11-19-17(24)15-9-6-10-22(15)18(25)14-7-4-3-5-8-14/h3-5,7-8,12-13,15H,6,9-11H2,1-2H3,(H,19,24). The van der Waals surface area contributed by atoms with E-state index in [0.29, 0.717) is 30.9 Å². The fraction of sp³-hybridized carbons (Fsp3) is 0.444. The summed E-state index contributed by atoms with van der Waals surface area (Å²) in [6.45, 7) is 4.98. The molecule has 0 bridgehead atoms. The van der Waals surface area contributed by atoms with Gasteiger partial charge in [0, 0.05) is 18.2 Å². The van der Waals surface area contributed by atoms with Crippen molar-refractivity contribution in [1.29, 1.82) is 0 Å². The summed E-state index contributed by atoms with van der Waals surface area (Å²) in [5.74, 6) is 0.478. The Morgan fingerprint density at radius 1 is 1.28 bits per heavy atom. The second-order valence-corrected chi connectivity index (χ2v) is 6.49. The van der Waals surface area contributed by atoms with Crippen LogP contribution in [0.5, 0.6) is 0 Å². The molecule has 0 radical (unpaired) electrons. The maximum Gasteiger partial charge on any atom is 0.254 e. The van der Waals surface area contributed by atoms with Gasteiger partial charge in [0.15, 0.2) is 5.82 Å². The molecule has 1 N–H and O–H groups in total. The van der Waals surface area contributed by atoms with Crippen molar-refractivity contribution in [2.24, 2.45) is 0 Å². The van der Waals surface area contributed by atoms with E-state index in [1.54, 1.807) is 23.4 Å². The highest BCUT2D eigenvalue weighted by Crippen LogP contribution is 2.20. The first-order chi connectivity index (χ1) is 12.1. The van der Waals surface area contributed by atoms with Crippen LogP contribution in [0, 0.1) is 0 Å². The smallest absolute Gasteiger partial charge is 0.254 e. The van der Waals surface area contributed by atoms with Gasteiger partial charge in [-0.25, -0.2) is 0 Å². The number of likely N-dealkylation sites (tertiary alicyclic amines) is 1. The van der Waals surface area contributed by atoms with E-state index in [0.717, 1.165) is 6.42 Å². The molecule has 25 heavy (non-hydrogen) atoms. The van der Waals surface area contributed by atoms with E-state index >= 15 is 0 Å². The predicted molar refractivity (Wildman–Crippen MR) is 92.8 cm³/mol. The minimum absolute atomic E-state index is 0.0939. The number of aromatic nitrogens is 3. The Labute approximate surface area is 147 Å². The first-order valence-electron chi connectivity index (χ1n) is 8.60. The van der Waals surface area contributed by atoms with Crippen LogP contribution >= 0.6 is 0 Å². The molecule has 2 amide bonds. The Bertz CT molecular complexity index is 741. The quantitative estimate of drug-likeness (QED) is 0.899. The van der Waals surface area contributed by atoms with Crippen molar-refractivity contribution < 1.29 is 9.59 Å². The summed E-state index contributed by atoms with van der Waals surface area (Å²) in [4.78, 5) is 26.9. The zero-order valence-corrected chi connectivity index (χ0v) is 14.6. The summed E-state index contributed by atoms with van der Waals surface area (Å²) < 4.78 is 1.92. The van der Waals surface area contributed by atoms with Crippen LogP contribution in [0.1, 0.15) is 48.9 Å². The third-order valence-corrected chi connectivity index (χ3v) is 4.46. The number of rotatable bonds is 5. The Morgan fingerprint density at radius 2 is 2.04 bits per heavy atom. The van der Waals surface area contributed by atoms with E-state index in [2.05, 4.69) is 15.5 Å². The van der Waals surface area contributed by atoms with Gasteiger partial charge in [-0.1, -0.05) is 18.2 Å². The van der Waals surface area contributed by atoms with Gasteiger partial charge < -0.3 is 14.8 Å². The molecular weight excluding hydrogens is 318 g/mol. The second kappa shape index (κ2) is 7.46. The van der Waals surface area contributed by atoms with E-state index < -0.39 is 6.04 Å². The van der Waals surface area contributed by atoms with Gasteiger partial charge >= 0.3 is 0 Å². The highest BCUT2D eigenvalue weighted by molar-refractivity contribution is 5.97. The zero-order chi connectivity index (χ0) is 17.8. The van der Waals surface area contributed by atoms with E-state index in [1.165, 1.54) is 0 Å². The van der Waals surface area contributed by atoms with Crippen LogP contribution in [0.25, 0.3) is 0 Å². The molecule has 7 heteroatoms. The van der Waals surface area contributed by atoms with Crippen LogP contribution in [-0.4, -0.2) is 44.1 Å². The van der Waals surface area contributed by atoms with Gasteiger partial charge in [0.1, 0.15) is 12.4 Å². The van der Waals surface area contributed by atoms with E-state index in [4.69, 9.17) is 0 Å². The van der Waals surface area contributed by atoms with E-state index in [-0.39, 0.29) is 17.9 Å². The molecule has 1 aliphatic heterocycles. The maximum atomic E-state index is 12.7. The molecule has 0 aliphatic carbocycles. The molecule has 1 fully saturated rings. The van der Waals surface area contributed by atoms with Crippen molar-refractivity contribution in [3.8, 4) is 0 Å². The summed E-state index contributed by atoms with van der Waals surface area (Å²) in [5.41, 5.74) is 0.613. The average Bonchev–Trinajstić information content (AvgIpc) is 3.29. The lowest BCUT2D eigenvalue weighted by atomic mass is 10.1. The minimum atomic E-state index is -0.428. The summed E-state index contributed by atoms with van der Waals surface area (Å²) >= 11 is 0. The Morgan fingerprint density at radius 3 is 2.76 bits per heavy atom. The number of nitrogens with one attached hydrogen (secondary N) is 1. The lowest BCUT2D eigenvalue weighted by Crippen LogP contribution is -2.46. The molecule has 3 rings (SSSR count). The molecule has 1 atom stereocenters. The number of nitrogens with zero attached hydrogens (tertiary/aromatic N) is 4. The highest BCUT2D eigenvalue weighted by atomic mass is 16.2. The number of carbonyl (C=O) groups excluding carboxylic acids is 2. The van der Waals surface area contributed by atoms with E-state index in [9.17, 15) is 9.59 Å². The fourth-order valence-corrected chi connectivity index (χ4v) is 3.14. The van der Waals surface area contributed by atoms with Crippen molar-refractivity contribution in [2.45, 2.75) is 45.3 Å². The van der Waals surface area contributed by atoms with Crippen molar-refractivity contribution >= 4 is 11.8 Å². The molecule has 1 aromatic heterocycles. The monoisotopic (exact) mass is 341 g/mol. The number of amides is 2. The molecule has 132 valence electrons. The van der Waals surface area contributed by atoms with Crippen molar-refractivity contribution in [2.75, 3.05) is 6.54 Å². The van der Waals surface area contributed by atoms with Crippen LogP contribution in [0.2, 0.25) is 0 Å². The lowest BCUT2D eigenvalue weighted by Gasteiger charge is -2.24. The van der Waals surface area contributed by atoms with Gasteiger partial charge in [-0.05, 0) is 38.8 Å². The largest absolute Gasteiger partial charge is 0.347 e. The van der Waals surface area contributed by atoms with Crippen LogP contribution in [0.4, 0.5) is 0 Å². The number of hydrogen-bond donors (Lipinski definition) is 1. The topological polar surface area (TPSA) is 80.1 Å². The molecular formula is C18H23N5O2. The number of hydrogen-bond acceptors (Lipinski definition) is 4. The van der Waals surface area contributed by atoms with Crippen LogP contribution in [-0.2, 0) is 11.3 Å². The minimum Gasteiger partial charge on any atom is -0.347 e. The molecule has 2 heterocycles. The van der Waals surface area contributed by atoms with Gasteiger partial charge in [0.05, 0.1) is 6.54 Å². The van der Waals surface area contributed by atoms with Crippen LogP contribution in [0.15, 0.2) is 36.7 Å². The highest BCUT2D eigenvalue weighted by Gasteiger charge is 2.34. The zero-order valence-electron chi connectivity index (χ0n) is 14.6. The van der Waals surface area contributed by atoms with Gasteiger partial charge in [-0.15, -0.1) is 10.2 Å². The Kier molecular flexibility index (Phi) is 5.11. The van der Waals surface area contributed by atoms with Crippen molar-refractivity contribution in [3.63, 3.8) is 0 Å². The van der Waals surface area contributed by atoms with Gasteiger partial charge in [0.2, 0.25) is 5.91 Å². The summed E-state index contributed by atoms with van der Waals surface area (Å²) in [7, 11) is 0. The maximum absolute atomic E-state index is 12.7. The molecule has 1 aliphatic rings. The summed E-state index contributed by atoms with van der Waals surface area (Å²) in [5, 5.41) is 10.9. The third-order valence-electron chi connectivity index (χ3n) is 4.46. The molecule has 1 saturated heterocycles. The van der Waals surface area contributed by atoms with E-state index in [1.807, 2.05) is 36.6 Å². The second-order valence-electron chi connectivity index (χ2n) is 6.49. The average molecular weight is 341 g/mol. The van der Waals surface area contributed by atoms with Crippen LogP contribution < -0.4 is 5.32 Å². The third kappa shape index (κ3) is 3.70. The summed E-state index contributed by atoms with van der Waals surface area (Å²) in [6, 6.07) is 8.89. The SMILES string of the molecule is CC(C)n1cnnc1CNC(=O)C1CCCN1C(=O)c1ccccc1. The summed E-state index contributed by atoms with van der Waals surface area (Å²) in [6.07, 6.45) is 3.17. The molecule has 2 aromatic rings. The fourth-order valence-electron chi connectivity index (χ4n) is 3.14. The van der Waals surface area contributed by atoms with Crippen molar-refractivity contribution in [3.05, 3.63) is 48.0 Å². The predicted octanol–water partition coefficient (Wildman–Crippen LogP) is 1.78. The molecule has 7 nitrogen and oxygen atoms in total. The first kappa shape index (κ1) is 17.1. The van der Waals surface area contributed by atoms with Crippen molar-refractivity contribution in [1.82, 2.24) is 25.0 Å².